The monoisotopic (exact) mass is 222 g/mol. The molecule has 16 heavy (non-hydrogen) atoms. The van der Waals surface area contributed by atoms with E-state index >= 15 is 0 Å². The van der Waals surface area contributed by atoms with E-state index in [9.17, 15) is 4.79 Å². The Morgan fingerprint density at radius 3 is 3.12 bits per heavy atom. The van der Waals surface area contributed by atoms with E-state index in [1.54, 1.807) is 6.20 Å². The molecule has 1 aromatic heterocycles. The Morgan fingerprint density at radius 2 is 2.50 bits per heavy atom. The van der Waals surface area contributed by atoms with Crippen molar-refractivity contribution in [3.8, 4) is 0 Å². The molecular formula is C12H18N2O2. The first kappa shape index (κ1) is 11.3. The van der Waals surface area contributed by atoms with Crippen LogP contribution < -0.4 is 0 Å². The van der Waals surface area contributed by atoms with Gasteiger partial charge in [0.25, 0.3) is 0 Å². The van der Waals surface area contributed by atoms with Crippen molar-refractivity contribution in [3.63, 3.8) is 0 Å². The molecule has 1 aliphatic heterocycles. The molecule has 1 saturated heterocycles. The zero-order chi connectivity index (χ0) is 11.5. The number of nitrogens with zero attached hydrogens (tertiary/aromatic N) is 2. The van der Waals surface area contributed by atoms with Crippen LogP contribution >= 0.6 is 0 Å². The average molecular weight is 222 g/mol. The molecule has 88 valence electrons. The number of ketones is 1. The van der Waals surface area contributed by atoms with Crippen LogP contribution in [0.4, 0.5) is 0 Å². The lowest BCUT2D eigenvalue weighted by molar-refractivity contribution is 0.0953. The minimum Gasteiger partial charge on any atom is -0.379 e. The van der Waals surface area contributed by atoms with Crippen molar-refractivity contribution in [1.29, 1.82) is 0 Å². The SMILES string of the molecule is CC(C)CC(=O)c1ccnn1C1CCOC1. The Balaban J connectivity index is 2.14. The smallest absolute Gasteiger partial charge is 0.181 e. The van der Waals surface area contributed by atoms with Crippen molar-refractivity contribution in [3.05, 3.63) is 18.0 Å². The third-order valence-corrected chi connectivity index (χ3v) is 2.80. The van der Waals surface area contributed by atoms with Crippen LogP contribution in [-0.2, 0) is 4.74 Å². The van der Waals surface area contributed by atoms with E-state index in [1.165, 1.54) is 0 Å². The van der Waals surface area contributed by atoms with Crippen molar-refractivity contribution >= 4 is 5.78 Å². The lowest BCUT2D eigenvalue weighted by atomic mass is 10.0. The second-order valence-electron chi connectivity index (χ2n) is 4.70. The fourth-order valence-electron chi connectivity index (χ4n) is 2.02. The summed E-state index contributed by atoms with van der Waals surface area (Å²) in [5.41, 5.74) is 0.726. The summed E-state index contributed by atoms with van der Waals surface area (Å²) < 4.78 is 7.16. The van der Waals surface area contributed by atoms with Crippen LogP contribution in [0.5, 0.6) is 0 Å². The topological polar surface area (TPSA) is 44.1 Å². The van der Waals surface area contributed by atoms with E-state index in [0.29, 0.717) is 18.9 Å². The summed E-state index contributed by atoms with van der Waals surface area (Å²) in [4.78, 5) is 12.0. The van der Waals surface area contributed by atoms with Crippen molar-refractivity contribution in [1.82, 2.24) is 9.78 Å². The third-order valence-electron chi connectivity index (χ3n) is 2.80. The number of aromatic nitrogens is 2. The molecule has 0 spiro atoms. The van der Waals surface area contributed by atoms with Gasteiger partial charge >= 0.3 is 0 Å². The molecule has 2 rings (SSSR count). The maximum atomic E-state index is 12.0. The van der Waals surface area contributed by atoms with E-state index in [1.807, 2.05) is 10.7 Å². The number of rotatable bonds is 4. The van der Waals surface area contributed by atoms with E-state index in [4.69, 9.17) is 4.74 Å². The molecule has 1 aromatic rings. The van der Waals surface area contributed by atoms with Crippen LogP contribution in [0.1, 0.15) is 43.2 Å². The molecule has 1 unspecified atom stereocenters. The van der Waals surface area contributed by atoms with Gasteiger partial charge in [-0.25, -0.2) is 0 Å². The molecule has 0 aromatic carbocycles. The number of hydrogen-bond donors (Lipinski definition) is 0. The van der Waals surface area contributed by atoms with Crippen molar-refractivity contribution in [2.24, 2.45) is 5.92 Å². The Bertz CT molecular complexity index is 365. The van der Waals surface area contributed by atoms with Crippen LogP contribution in [-0.4, -0.2) is 28.8 Å². The van der Waals surface area contributed by atoms with Gasteiger partial charge in [0.15, 0.2) is 5.78 Å². The molecule has 1 aliphatic rings. The highest BCUT2D eigenvalue weighted by Crippen LogP contribution is 2.21. The lowest BCUT2D eigenvalue weighted by Crippen LogP contribution is -2.17. The molecule has 0 amide bonds. The zero-order valence-corrected chi connectivity index (χ0v) is 9.85. The van der Waals surface area contributed by atoms with Gasteiger partial charge < -0.3 is 4.74 Å². The van der Waals surface area contributed by atoms with Crippen molar-refractivity contribution in [2.75, 3.05) is 13.2 Å². The number of hydrogen-bond acceptors (Lipinski definition) is 3. The molecule has 4 nitrogen and oxygen atoms in total. The number of carbonyl (C=O) groups is 1. The first-order chi connectivity index (χ1) is 7.68. The zero-order valence-electron chi connectivity index (χ0n) is 9.85. The standard InChI is InChI=1S/C12H18N2O2/c1-9(2)7-12(15)11-3-5-13-14(11)10-4-6-16-8-10/h3,5,9-10H,4,6-8H2,1-2H3. The lowest BCUT2D eigenvalue weighted by Gasteiger charge is -2.12. The molecule has 4 heteroatoms. The van der Waals surface area contributed by atoms with Gasteiger partial charge in [-0.05, 0) is 18.4 Å². The van der Waals surface area contributed by atoms with Gasteiger partial charge in [0.2, 0.25) is 0 Å². The largest absolute Gasteiger partial charge is 0.379 e. The van der Waals surface area contributed by atoms with Gasteiger partial charge in [-0.3, -0.25) is 9.48 Å². The minimum absolute atomic E-state index is 0.180. The van der Waals surface area contributed by atoms with Gasteiger partial charge in [0.05, 0.1) is 12.6 Å². The Morgan fingerprint density at radius 1 is 1.69 bits per heavy atom. The van der Waals surface area contributed by atoms with Gasteiger partial charge in [-0.15, -0.1) is 0 Å². The van der Waals surface area contributed by atoms with Crippen molar-refractivity contribution < 1.29 is 9.53 Å². The van der Waals surface area contributed by atoms with Crippen LogP contribution in [0.2, 0.25) is 0 Å². The molecule has 0 aliphatic carbocycles. The Kier molecular flexibility index (Phi) is 3.39. The Hall–Kier alpha value is -1.16. The third kappa shape index (κ3) is 2.32. The maximum absolute atomic E-state index is 12.0. The summed E-state index contributed by atoms with van der Waals surface area (Å²) in [6.07, 6.45) is 3.23. The normalized spacial score (nSPS) is 20.6. The number of carbonyl (C=O) groups excluding carboxylic acids is 1. The highest BCUT2D eigenvalue weighted by molar-refractivity contribution is 5.94. The predicted octanol–water partition coefficient (Wildman–Crippen LogP) is 2.07. The molecule has 1 fully saturated rings. The van der Waals surface area contributed by atoms with Gasteiger partial charge in [-0.1, -0.05) is 13.8 Å². The van der Waals surface area contributed by atoms with Crippen LogP contribution in [0, 0.1) is 5.92 Å². The maximum Gasteiger partial charge on any atom is 0.181 e. The second-order valence-corrected chi connectivity index (χ2v) is 4.70. The van der Waals surface area contributed by atoms with E-state index in [0.717, 1.165) is 18.7 Å². The van der Waals surface area contributed by atoms with E-state index < -0.39 is 0 Å². The Labute approximate surface area is 95.6 Å². The predicted molar refractivity (Wildman–Crippen MR) is 60.5 cm³/mol. The minimum atomic E-state index is 0.180. The molecule has 0 bridgehead atoms. The first-order valence-electron chi connectivity index (χ1n) is 5.83. The highest BCUT2D eigenvalue weighted by Gasteiger charge is 2.23. The summed E-state index contributed by atoms with van der Waals surface area (Å²) in [5.74, 6) is 0.565. The van der Waals surface area contributed by atoms with Crippen LogP contribution in [0.15, 0.2) is 12.3 Å². The molecule has 2 heterocycles. The van der Waals surface area contributed by atoms with Gasteiger partial charge in [0, 0.05) is 19.2 Å². The summed E-state index contributed by atoms with van der Waals surface area (Å²) in [7, 11) is 0. The van der Waals surface area contributed by atoms with E-state index in [-0.39, 0.29) is 11.8 Å². The summed E-state index contributed by atoms with van der Waals surface area (Å²) >= 11 is 0. The summed E-state index contributed by atoms with van der Waals surface area (Å²) in [6, 6.07) is 2.05. The van der Waals surface area contributed by atoms with Gasteiger partial charge in [-0.2, -0.15) is 5.10 Å². The second kappa shape index (κ2) is 4.78. The van der Waals surface area contributed by atoms with Crippen LogP contribution in [0.25, 0.3) is 0 Å². The number of Topliss-reactive ketones (excluding diaryl/α,β-unsaturated/α-hetero) is 1. The van der Waals surface area contributed by atoms with Crippen molar-refractivity contribution in [2.45, 2.75) is 32.7 Å². The molecule has 1 atom stereocenters. The van der Waals surface area contributed by atoms with Crippen LogP contribution in [0.3, 0.4) is 0 Å². The highest BCUT2D eigenvalue weighted by atomic mass is 16.5. The van der Waals surface area contributed by atoms with E-state index in [2.05, 4.69) is 18.9 Å². The van der Waals surface area contributed by atoms with Gasteiger partial charge in [0.1, 0.15) is 5.69 Å². The fraction of sp³-hybridized carbons (Fsp3) is 0.667. The average Bonchev–Trinajstić information content (AvgIpc) is 2.87. The quantitative estimate of drug-likeness (QED) is 0.732. The molecule has 0 saturated carbocycles. The molecular weight excluding hydrogens is 204 g/mol. The number of ether oxygens (including phenoxy) is 1. The fourth-order valence-corrected chi connectivity index (χ4v) is 2.02. The molecule has 0 radical (unpaired) electrons. The summed E-state index contributed by atoms with van der Waals surface area (Å²) in [6.45, 7) is 5.54. The first-order valence-corrected chi connectivity index (χ1v) is 5.83. The molecule has 0 N–H and O–H groups in total. The summed E-state index contributed by atoms with van der Waals surface area (Å²) in [5, 5.41) is 4.24.